The maximum absolute atomic E-state index is 9.16. The van der Waals surface area contributed by atoms with Crippen molar-refractivity contribution in [2.24, 2.45) is 0 Å². The third-order valence-corrected chi connectivity index (χ3v) is 4.48. The van der Waals surface area contributed by atoms with Gasteiger partial charge in [-0.25, -0.2) is 0 Å². The number of aliphatic hydroxyl groups excluding tert-OH is 1. The van der Waals surface area contributed by atoms with Crippen LogP contribution in [0.1, 0.15) is 22.3 Å². The Morgan fingerprint density at radius 3 is 2.33 bits per heavy atom. The lowest BCUT2D eigenvalue weighted by molar-refractivity contribution is 0.282. The highest BCUT2D eigenvalue weighted by atomic mass is 35.5. The molecule has 0 aromatic heterocycles. The highest BCUT2D eigenvalue weighted by molar-refractivity contribution is 6.32. The molecule has 0 atom stereocenters. The van der Waals surface area contributed by atoms with Gasteiger partial charge in [-0.3, -0.25) is 0 Å². The minimum atomic E-state index is 0.00193. The first kappa shape index (κ1) is 16.5. The molecule has 120 valence electrons. The van der Waals surface area contributed by atoms with Gasteiger partial charge in [0.05, 0.1) is 6.61 Å². The summed E-state index contributed by atoms with van der Waals surface area (Å²) in [6.45, 7) is 2.14. The first-order valence-electron chi connectivity index (χ1n) is 7.91. The van der Waals surface area contributed by atoms with Crippen LogP contribution in [-0.4, -0.2) is 5.11 Å². The lowest BCUT2D eigenvalue weighted by Gasteiger charge is -2.09. The van der Waals surface area contributed by atoms with Crippen LogP contribution in [0.25, 0.3) is 23.3 Å². The van der Waals surface area contributed by atoms with E-state index in [9.17, 15) is 0 Å². The summed E-state index contributed by atoms with van der Waals surface area (Å²) in [5, 5.41) is 9.81. The predicted molar refractivity (Wildman–Crippen MR) is 103 cm³/mol. The fourth-order valence-corrected chi connectivity index (χ4v) is 3.01. The molecule has 0 aliphatic carbocycles. The van der Waals surface area contributed by atoms with Gasteiger partial charge in [0.2, 0.25) is 0 Å². The molecule has 0 amide bonds. The molecule has 0 aliphatic heterocycles. The SMILES string of the molecule is Cc1c(/C=C/c2ccc(CO)cc2Cl)cccc1-c1ccccc1. The van der Waals surface area contributed by atoms with Gasteiger partial charge in [-0.1, -0.05) is 84.4 Å². The Balaban J connectivity index is 1.94. The molecule has 1 N–H and O–H groups in total. The molecule has 2 heteroatoms. The third kappa shape index (κ3) is 3.59. The summed E-state index contributed by atoms with van der Waals surface area (Å²) in [5.41, 5.74) is 6.62. The van der Waals surface area contributed by atoms with E-state index in [1.165, 1.54) is 22.3 Å². The van der Waals surface area contributed by atoms with E-state index in [4.69, 9.17) is 16.7 Å². The Morgan fingerprint density at radius 1 is 0.875 bits per heavy atom. The minimum absolute atomic E-state index is 0.00193. The molecule has 0 fully saturated rings. The standard InChI is InChI=1S/C22H19ClO/c1-16-18(8-5-9-21(16)19-6-3-2-4-7-19)12-13-20-11-10-17(15-24)14-22(20)23/h2-14,24H,15H2,1H3/b13-12+. The molecule has 0 spiro atoms. The predicted octanol–water partition coefficient (Wildman–Crippen LogP) is 5.98. The van der Waals surface area contributed by atoms with Crippen LogP contribution < -0.4 is 0 Å². The topological polar surface area (TPSA) is 20.2 Å². The Hall–Kier alpha value is -2.35. The Morgan fingerprint density at radius 2 is 1.62 bits per heavy atom. The fourth-order valence-electron chi connectivity index (χ4n) is 2.75. The van der Waals surface area contributed by atoms with E-state index in [2.05, 4.69) is 55.5 Å². The van der Waals surface area contributed by atoms with Gasteiger partial charge in [0.25, 0.3) is 0 Å². The summed E-state index contributed by atoms with van der Waals surface area (Å²) >= 11 is 6.28. The van der Waals surface area contributed by atoms with Gasteiger partial charge in [0, 0.05) is 5.02 Å². The van der Waals surface area contributed by atoms with E-state index < -0.39 is 0 Å². The lowest BCUT2D eigenvalue weighted by Crippen LogP contribution is -1.87. The van der Waals surface area contributed by atoms with E-state index in [1.807, 2.05) is 24.3 Å². The van der Waals surface area contributed by atoms with Crippen molar-refractivity contribution in [1.29, 1.82) is 0 Å². The van der Waals surface area contributed by atoms with Crippen molar-refractivity contribution < 1.29 is 5.11 Å². The van der Waals surface area contributed by atoms with Gasteiger partial charge in [0.1, 0.15) is 0 Å². The third-order valence-electron chi connectivity index (χ3n) is 4.15. The van der Waals surface area contributed by atoms with E-state index in [0.717, 1.165) is 11.1 Å². The van der Waals surface area contributed by atoms with Crippen LogP contribution in [0.5, 0.6) is 0 Å². The molecule has 0 unspecified atom stereocenters. The molecule has 0 aliphatic rings. The van der Waals surface area contributed by atoms with Crippen LogP contribution in [0.2, 0.25) is 5.02 Å². The van der Waals surface area contributed by atoms with Gasteiger partial charge in [-0.05, 0) is 46.4 Å². The first-order valence-corrected chi connectivity index (χ1v) is 8.29. The van der Waals surface area contributed by atoms with Crippen molar-refractivity contribution in [3.63, 3.8) is 0 Å². The van der Waals surface area contributed by atoms with Gasteiger partial charge in [0.15, 0.2) is 0 Å². The Bertz CT molecular complexity index is 866. The molecule has 0 heterocycles. The second-order valence-corrected chi connectivity index (χ2v) is 6.14. The zero-order valence-corrected chi connectivity index (χ0v) is 14.3. The summed E-state index contributed by atoms with van der Waals surface area (Å²) in [6.07, 6.45) is 4.10. The number of benzene rings is 3. The number of aliphatic hydroxyl groups is 1. The van der Waals surface area contributed by atoms with Crippen LogP contribution in [0.4, 0.5) is 0 Å². The van der Waals surface area contributed by atoms with Crippen molar-refractivity contribution in [1.82, 2.24) is 0 Å². The van der Waals surface area contributed by atoms with E-state index in [1.54, 1.807) is 6.07 Å². The Kier molecular flexibility index (Phi) is 5.14. The summed E-state index contributed by atoms with van der Waals surface area (Å²) in [4.78, 5) is 0. The van der Waals surface area contributed by atoms with Crippen LogP contribution in [0.3, 0.4) is 0 Å². The average Bonchev–Trinajstić information content (AvgIpc) is 2.62. The molecule has 24 heavy (non-hydrogen) atoms. The second-order valence-electron chi connectivity index (χ2n) is 5.73. The quantitative estimate of drug-likeness (QED) is 0.582. The fraction of sp³-hybridized carbons (Fsp3) is 0.0909. The molecule has 3 aromatic rings. The lowest BCUT2D eigenvalue weighted by atomic mass is 9.96. The number of rotatable bonds is 4. The van der Waals surface area contributed by atoms with Crippen LogP contribution in [0, 0.1) is 6.92 Å². The number of hydrogen-bond donors (Lipinski definition) is 1. The average molecular weight is 335 g/mol. The smallest absolute Gasteiger partial charge is 0.0682 e. The minimum Gasteiger partial charge on any atom is -0.392 e. The van der Waals surface area contributed by atoms with Crippen molar-refractivity contribution in [3.8, 4) is 11.1 Å². The van der Waals surface area contributed by atoms with Crippen LogP contribution >= 0.6 is 11.6 Å². The van der Waals surface area contributed by atoms with Crippen molar-refractivity contribution in [3.05, 3.63) is 94.0 Å². The van der Waals surface area contributed by atoms with E-state index in [-0.39, 0.29) is 6.61 Å². The molecule has 3 rings (SSSR count). The van der Waals surface area contributed by atoms with E-state index >= 15 is 0 Å². The van der Waals surface area contributed by atoms with Gasteiger partial charge < -0.3 is 5.11 Å². The number of halogens is 1. The zero-order valence-electron chi connectivity index (χ0n) is 13.5. The molecule has 0 bridgehead atoms. The molecule has 1 nitrogen and oxygen atoms in total. The summed E-state index contributed by atoms with van der Waals surface area (Å²) < 4.78 is 0. The van der Waals surface area contributed by atoms with Crippen molar-refractivity contribution >= 4 is 23.8 Å². The summed E-state index contributed by atoms with van der Waals surface area (Å²) in [7, 11) is 0. The second kappa shape index (κ2) is 7.48. The zero-order chi connectivity index (χ0) is 16.9. The Labute approximate surface area is 147 Å². The maximum Gasteiger partial charge on any atom is 0.0682 e. The van der Waals surface area contributed by atoms with E-state index in [0.29, 0.717) is 5.02 Å². The monoisotopic (exact) mass is 334 g/mol. The number of hydrogen-bond acceptors (Lipinski definition) is 1. The van der Waals surface area contributed by atoms with Crippen molar-refractivity contribution in [2.75, 3.05) is 0 Å². The van der Waals surface area contributed by atoms with Gasteiger partial charge in [-0.15, -0.1) is 0 Å². The highest BCUT2D eigenvalue weighted by Crippen LogP contribution is 2.27. The summed E-state index contributed by atoms with van der Waals surface area (Å²) in [6, 6.07) is 22.3. The van der Waals surface area contributed by atoms with Gasteiger partial charge in [-0.2, -0.15) is 0 Å². The molecule has 0 saturated heterocycles. The molecule has 0 saturated carbocycles. The highest BCUT2D eigenvalue weighted by Gasteiger charge is 2.04. The van der Waals surface area contributed by atoms with Crippen LogP contribution in [-0.2, 0) is 6.61 Å². The first-order chi connectivity index (χ1) is 11.7. The molecule has 0 radical (unpaired) electrons. The largest absolute Gasteiger partial charge is 0.392 e. The molecule has 3 aromatic carbocycles. The maximum atomic E-state index is 9.16. The summed E-state index contributed by atoms with van der Waals surface area (Å²) in [5.74, 6) is 0. The van der Waals surface area contributed by atoms with Crippen LogP contribution in [0.15, 0.2) is 66.7 Å². The normalized spacial score (nSPS) is 11.1. The van der Waals surface area contributed by atoms with Crippen molar-refractivity contribution in [2.45, 2.75) is 13.5 Å². The molecular weight excluding hydrogens is 316 g/mol. The van der Waals surface area contributed by atoms with Gasteiger partial charge >= 0.3 is 0 Å². The molecular formula is C22H19ClO.